The van der Waals surface area contributed by atoms with Crippen molar-refractivity contribution in [1.29, 1.82) is 0 Å². The molecule has 0 fully saturated rings. The molecule has 0 amide bonds. The van der Waals surface area contributed by atoms with Crippen molar-refractivity contribution < 1.29 is 28.6 Å². The SMILES string of the molecule is CC/C=C\C/C=C\C/C=C\C/C=C\CCCCCCC(=O)OC(COC(=O)CCCCCCC/C=C\C/C=C\CCCCC)COC(=O)CCCCCCCCCCCCCCCCC/C=C\C/C=C\CCCCCCC. The van der Waals surface area contributed by atoms with Gasteiger partial charge in [0.1, 0.15) is 13.2 Å². The van der Waals surface area contributed by atoms with Crippen molar-refractivity contribution in [2.75, 3.05) is 13.2 Å². The van der Waals surface area contributed by atoms with Gasteiger partial charge in [-0.15, -0.1) is 0 Å². The van der Waals surface area contributed by atoms with Crippen LogP contribution in [0.2, 0.25) is 0 Å². The van der Waals surface area contributed by atoms with Crippen molar-refractivity contribution >= 4 is 17.9 Å². The highest BCUT2D eigenvalue weighted by molar-refractivity contribution is 5.71. The van der Waals surface area contributed by atoms with Crippen LogP contribution in [0.1, 0.15) is 316 Å². The summed E-state index contributed by atoms with van der Waals surface area (Å²) < 4.78 is 16.9. The first-order valence-electron chi connectivity index (χ1n) is 32.7. The average molecular weight is 1070 g/mol. The van der Waals surface area contributed by atoms with Gasteiger partial charge in [0.05, 0.1) is 0 Å². The molecule has 0 heterocycles. The van der Waals surface area contributed by atoms with E-state index in [0.29, 0.717) is 19.3 Å². The second kappa shape index (κ2) is 64.9. The van der Waals surface area contributed by atoms with Gasteiger partial charge >= 0.3 is 17.9 Å². The standard InChI is InChI=1S/C71H122O6/c1-4-7-10-13-16-19-22-25-28-30-31-32-33-34-35-36-37-38-39-41-43-46-49-52-55-58-61-64-70(73)76-67-68(66-75-69(72)63-60-57-54-51-48-45-42-27-24-21-18-15-12-9-6-3)77-71(74)65-62-59-56-53-50-47-44-40-29-26-23-20-17-14-11-8-5-2/h8,11,17-18,20-22,25-27,29-31,42,44,47,68H,4-7,9-10,12-16,19,23-24,28,32-41,43,45-46,48-67H2,1-3H3/b11-8-,20-17-,21-18-,25-22-,29-26-,31-30-,42-27-,47-44-. The molecule has 0 aliphatic heterocycles. The molecule has 442 valence electrons. The number of allylic oxidation sites excluding steroid dienone is 16. The van der Waals surface area contributed by atoms with Crippen LogP contribution in [0.5, 0.6) is 0 Å². The van der Waals surface area contributed by atoms with E-state index in [1.54, 1.807) is 0 Å². The topological polar surface area (TPSA) is 78.9 Å². The highest BCUT2D eigenvalue weighted by Crippen LogP contribution is 2.16. The second-order valence-corrected chi connectivity index (χ2v) is 21.6. The van der Waals surface area contributed by atoms with E-state index in [1.165, 1.54) is 148 Å². The van der Waals surface area contributed by atoms with Gasteiger partial charge in [-0.2, -0.15) is 0 Å². The summed E-state index contributed by atoms with van der Waals surface area (Å²) in [5, 5.41) is 0. The van der Waals surface area contributed by atoms with Gasteiger partial charge in [0.2, 0.25) is 0 Å². The monoisotopic (exact) mass is 1070 g/mol. The zero-order valence-electron chi connectivity index (χ0n) is 50.7. The highest BCUT2D eigenvalue weighted by atomic mass is 16.6. The number of ether oxygens (including phenoxy) is 3. The lowest BCUT2D eigenvalue weighted by atomic mass is 10.0. The van der Waals surface area contributed by atoms with E-state index >= 15 is 0 Å². The predicted octanol–water partition coefficient (Wildman–Crippen LogP) is 22.4. The van der Waals surface area contributed by atoms with Crippen LogP contribution in [-0.4, -0.2) is 37.2 Å². The smallest absolute Gasteiger partial charge is 0.306 e. The molecule has 0 saturated carbocycles. The van der Waals surface area contributed by atoms with Gasteiger partial charge in [-0.1, -0.05) is 272 Å². The van der Waals surface area contributed by atoms with Crippen LogP contribution in [0, 0.1) is 0 Å². The van der Waals surface area contributed by atoms with Crippen molar-refractivity contribution in [2.24, 2.45) is 0 Å². The van der Waals surface area contributed by atoms with Gasteiger partial charge < -0.3 is 14.2 Å². The Morgan fingerprint density at radius 1 is 0.273 bits per heavy atom. The lowest BCUT2D eigenvalue weighted by molar-refractivity contribution is -0.167. The molecule has 6 heteroatoms. The van der Waals surface area contributed by atoms with Gasteiger partial charge in [-0.3, -0.25) is 14.4 Å². The molecule has 1 atom stereocenters. The quantitative estimate of drug-likeness (QED) is 0.0261. The third-order valence-electron chi connectivity index (χ3n) is 14.0. The number of carbonyl (C=O) groups is 3. The van der Waals surface area contributed by atoms with Crippen LogP contribution >= 0.6 is 0 Å². The van der Waals surface area contributed by atoms with Crippen molar-refractivity contribution in [2.45, 2.75) is 322 Å². The summed E-state index contributed by atoms with van der Waals surface area (Å²) in [5.74, 6) is -0.920. The zero-order chi connectivity index (χ0) is 55.7. The summed E-state index contributed by atoms with van der Waals surface area (Å²) >= 11 is 0. The molecule has 0 N–H and O–H groups in total. The molecule has 0 aliphatic carbocycles. The number of rotatable bonds is 59. The van der Waals surface area contributed by atoms with E-state index in [0.717, 1.165) is 128 Å². The first-order chi connectivity index (χ1) is 38.0. The van der Waals surface area contributed by atoms with E-state index in [9.17, 15) is 14.4 Å². The summed E-state index contributed by atoms with van der Waals surface area (Å²) in [6.07, 6.45) is 87.0. The van der Waals surface area contributed by atoms with Crippen molar-refractivity contribution in [1.82, 2.24) is 0 Å². The molecule has 0 bridgehead atoms. The minimum atomic E-state index is -0.798. The summed E-state index contributed by atoms with van der Waals surface area (Å²) in [4.78, 5) is 38.3. The normalized spacial score (nSPS) is 12.7. The molecule has 0 aromatic rings. The van der Waals surface area contributed by atoms with Crippen LogP contribution in [0.3, 0.4) is 0 Å². The molecule has 0 radical (unpaired) electrons. The molecule has 0 aromatic heterocycles. The first kappa shape index (κ1) is 73.3. The number of hydrogen-bond donors (Lipinski definition) is 0. The maximum absolute atomic E-state index is 12.9. The Hall–Kier alpha value is -3.67. The minimum absolute atomic E-state index is 0.0912. The average Bonchev–Trinajstić information content (AvgIpc) is 3.43. The van der Waals surface area contributed by atoms with Crippen LogP contribution in [-0.2, 0) is 28.6 Å². The molecule has 0 spiro atoms. The number of hydrogen-bond acceptors (Lipinski definition) is 6. The first-order valence-corrected chi connectivity index (χ1v) is 32.7. The maximum Gasteiger partial charge on any atom is 0.306 e. The Kier molecular flexibility index (Phi) is 61.8. The van der Waals surface area contributed by atoms with Crippen molar-refractivity contribution in [3.8, 4) is 0 Å². The van der Waals surface area contributed by atoms with Crippen LogP contribution in [0.15, 0.2) is 97.2 Å². The third kappa shape index (κ3) is 63.0. The van der Waals surface area contributed by atoms with E-state index < -0.39 is 6.10 Å². The van der Waals surface area contributed by atoms with Gasteiger partial charge in [0.15, 0.2) is 6.10 Å². The van der Waals surface area contributed by atoms with Crippen molar-refractivity contribution in [3.05, 3.63) is 97.2 Å². The molecular formula is C71H122O6. The molecule has 0 aromatic carbocycles. The number of esters is 3. The van der Waals surface area contributed by atoms with E-state index in [2.05, 4.69) is 118 Å². The van der Waals surface area contributed by atoms with Crippen LogP contribution < -0.4 is 0 Å². The molecular weight excluding hydrogens is 949 g/mol. The Morgan fingerprint density at radius 2 is 0.506 bits per heavy atom. The molecule has 6 nitrogen and oxygen atoms in total. The maximum atomic E-state index is 12.9. The van der Waals surface area contributed by atoms with Crippen molar-refractivity contribution in [3.63, 3.8) is 0 Å². The number of unbranched alkanes of at least 4 members (excludes halogenated alkanes) is 32. The summed E-state index contributed by atoms with van der Waals surface area (Å²) in [6.45, 7) is 6.48. The largest absolute Gasteiger partial charge is 0.462 e. The molecule has 0 rings (SSSR count). The summed E-state index contributed by atoms with van der Waals surface area (Å²) in [7, 11) is 0. The fraction of sp³-hybridized carbons (Fsp3) is 0.732. The van der Waals surface area contributed by atoms with Gasteiger partial charge in [0, 0.05) is 19.3 Å². The molecule has 0 aliphatic rings. The second-order valence-electron chi connectivity index (χ2n) is 21.6. The molecule has 0 saturated heterocycles. The summed E-state index contributed by atoms with van der Waals surface area (Å²) in [5.41, 5.74) is 0. The van der Waals surface area contributed by atoms with Crippen LogP contribution in [0.25, 0.3) is 0 Å². The van der Waals surface area contributed by atoms with Gasteiger partial charge in [0.25, 0.3) is 0 Å². The number of carbonyl (C=O) groups excluding carboxylic acids is 3. The third-order valence-corrected chi connectivity index (χ3v) is 14.0. The predicted molar refractivity (Wildman–Crippen MR) is 334 cm³/mol. The van der Waals surface area contributed by atoms with Gasteiger partial charge in [-0.25, -0.2) is 0 Å². The Morgan fingerprint density at radius 3 is 0.818 bits per heavy atom. The Bertz CT molecular complexity index is 1510. The lowest BCUT2D eigenvalue weighted by Gasteiger charge is -2.18. The van der Waals surface area contributed by atoms with E-state index in [-0.39, 0.29) is 31.1 Å². The highest BCUT2D eigenvalue weighted by Gasteiger charge is 2.19. The van der Waals surface area contributed by atoms with Crippen LogP contribution in [0.4, 0.5) is 0 Å². The Labute approximate surface area is 477 Å². The minimum Gasteiger partial charge on any atom is -0.462 e. The van der Waals surface area contributed by atoms with Gasteiger partial charge in [-0.05, 0) is 122 Å². The fourth-order valence-corrected chi connectivity index (χ4v) is 9.14. The zero-order valence-corrected chi connectivity index (χ0v) is 50.7. The van der Waals surface area contributed by atoms with E-state index in [4.69, 9.17) is 14.2 Å². The Balaban J connectivity index is 4.32. The molecule has 77 heavy (non-hydrogen) atoms. The lowest BCUT2D eigenvalue weighted by Crippen LogP contribution is -2.30. The summed E-state index contributed by atoms with van der Waals surface area (Å²) in [6, 6.07) is 0. The fourth-order valence-electron chi connectivity index (χ4n) is 9.14. The molecule has 1 unspecified atom stereocenters. The van der Waals surface area contributed by atoms with E-state index in [1.807, 2.05) is 0 Å².